The molecule has 5 heteroatoms. The van der Waals surface area contributed by atoms with Crippen molar-refractivity contribution in [1.29, 1.82) is 0 Å². The van der Waals surface area contributed by atoms with Crippen LogP contribution >= 0.6 is 0 Å². The highest BCUT2D eigenvalue weighted by atomic mass is 19.1. The summed E-state index contributed by atoms with van der Waals surface area (Å²) in [5.41, 5.74) is 2.72. The van der Waals surface area contributed by atoms with Gasteiger partial charge in [-0.15, -0.1) is 0 Å². The lowest BCUT2D eigenvalue weighted by atomic mass is 9.91. The molecule has 1 aliphatic carbocycles. The number of para-hydroxylation sites is 1. The number of aryl methyl sites for hydroxylation is 1. The zero-order valence-corrected chi connectivity index (χ0v) is 15.9. The Bertz CT molecular complexity index is 979. The summed E-state index contributed by atoms with van der Waals surface area (Å²) in [7, 11) is 0. The van der Waals surface area contributed by atoms with Gasteiger partial charge in [-0.25, -0.2) is 9.37 Å². The fourth-order valence-electron chi connectivity index (χ4n) is 3.88. The standard InChI is InChI=1S/C23H24FN3O/c1-15-14-22(27-21-5-3-2-4-20(15)21)25-18-10-12-19(13-11-18)26-23(28)16-6-8-17(24)9-7-16/h2-9,14,18-19H,10-13H2,1H3,(H,25,27)(H,26,28)/t18-,19+. The molecule has 3 aromatic rings. The van der Waals surface area contributed by atoms with Crippen molar-refractivity contribution in [2.24, 2.45) is 0 Å². The molecule has 2 aromatic carbocycles. The second kappa shape index (κ2) is 7.97. The smallest absolute Gasteiger partial charge is 0.251 e. The van der Waals surface area contributed by atoms with Crippen molar-refractivity contribution in [3.05, 3.63) is 71.5 Å². The minimum atomic E-state index is -0.333. The summed E-state index contributed by atoms with van der Waals surface area (Å²) in [6, 6.07) is 16.4. The number of amides is 1. The molecule has 1 fully saturated rings. The van der Waals surface area contributed by atoms with Gasteiger partial charge in [-0.3, -0.25) is 4.79 Å². The van der Waals surface area contributed by atoms with Crippen molar-refractivity contribution in [2.45, 2.75) is 44.7 Å². The molecule has 28 heavy (non-hydrogen) atoms. The fourth-order valence-corrected chi connectivity index (χ4v) is 3.88. The number of carbonyl (C=O) groups excluding carboxylic acids is 1. The second-order valence-corrected chi connectivity index (χ2v) is 7.51. The summed E-state index contributed by atoms with van der Waals surface area (Å²) in [5.74, 6) is 0.443. The van der Waals surface area contributed by atoms with E-state index in [-0.39, 0.29) is 17.8 Å². The molecular formula is C23H24FN3O. The van der Waals surface area contributed by atoms with E-state index in [0.717, 1.165) is 37.0 Å². The maximum absolute atomic E-state index is 13.0. The molecule has 0 aliphatic heterocycles. The maximum atomic E-state index is 13.0. The van der Waals surface area contributed by atoms with E-state index in [4.69, 9.17) is 4.98 Å². The van der Waals surface area contributed by atoms with Gasteiger partial charge in [0.15, 0.2) is 0 Å². The van der Waals surface area contributed by atoms with Gasteiger partial charge in [-0.1, -0.05) is 18.2 Å². The Morgan fingerprint density at radius 1 is 1.00 bits per heavy atom. The maximum Gasteiger partial charge on any atom is 0.251 e. The first-order chi connectivity index (χ1) is 13.6. The highest BCUT2D eigenvalue weighted by Crippen LogP contribution is 2.25. The largest absolute Gasteiger partial charge is 0.367 e. The van der Waals surface area contributed by atoms with Crippen molar-refractivity contribution in [2.75, 3.05) is 5.32 Å². The van der Waals surface area contributed by atoms with Gasteiger partial charge in [-0.05, 0) is 74.6 Å². The SMILES string of the molecule is Cc1cc(N[C@H]2CC[C@@H](NC(=O)c3ccc(F)cc3)CC2)nc2ccccc12. The van der Waals surface area contributed by atoms with Crippen LogP contribution in [0.1, 0.15) is 41.6 Å². The minimum absolute atomic E-state index is 0.136. The lowest BCUT2D eigenvalue weighted by Gasteiger charge is -2.30. The summed E-state index contributed by atoms with van der Waals surface area (Å²) in [5, 5.41) is 7.81. The molecule has 0 radical (unpaired) electrons. The van der Waals surface area contributed by atoms with Gasteiger partial charge in [0.2, 0.25) is 0 Å². The third kappa shape index (κ3) is 4.14. The molecular weight excluding hydrogens is 353 g/mol. The number of pyridine rings is 1. The Balaban J connectivity index is 1.33. The summed E-state index contributed by atoms with van der Waals surface area (Å²) in [4.78, 5) is 17.0. The van der Waals surface area contributed by atoms with Gasteiger partial charge in [0, 0.05) is 23.0 Å². The van der Waals surface area contributed by atoms with Crippen molar-refractivity contribution in [3.8, 4) is 0 Å². The Morgan fingerprint density at radius 3 is 2.43 bits per heavy atom. The summed E-state index contributed by atoms with van der Waals surface area (Å²) >= 11 is 0. The average Bonchev–Trinajstić information content (AvgIpc) is 2.70. The van der Waals surface area contributed by atoms with E-state index in [9.17, 15) is 9.18 Å². The summed E-state index contributed by atoms with van der Waals surface area (Å²) < 4.78 is 13.0. The number of carbonyl (C=O) groups is 1. The highest BCUT2D eigenvalue weighted by Gasteiger charge is 2.23. The number of fused-ring (bicyclic) bond motifs is 1. The normalized spacial score (nSPS) is 19.4. The number of hydrogen-bond acceptors (Lipinski definition) is 3. The molecule has 1 heterocycles. The van der Waals surface area contributed by atoms with E-state index in [2.05, 4.69) is 29.7 Å². The Labute approximate surface area is 164 Å². The predicted octanol–water partition coefficient (Wildman–Crippen LogP) is 4.84. The third-order valence-electron chi connectivity index (χ3n) is 5.44. The quantitative estimate of drug-likeness (QED) is 0.684. The van der Waals surface area contributed by atoms with E-state index in [1.807, 2.05) is 18.2 Å². The molecule has 0 unspecified atom stereocenters. The van der Waals surface area contributed by atoms with Crippen molar-refractivity contribution in [3.63, 3.8) is 0 Å². The number of halogens is 1. The minimum Gasteiger partial charge on any atom is -0.367 e. The molecule has 1 saturated carbocycles. The van der Waals surface area contributed by atoms with Crippen molar-refractivity contribution >= 4 is 22.6 Å². The van der Waals surface area contributed by atoms with Gasteiger partial charge in [0.25, 0.3) is 5.91 Å². The third-order valence-corrected chi connectivity index (χ3v) is 5.44. The van der Waals surface area contributed by atoms with Crippen LogP contribution in [0, 0.1) is 12.7 Å². The van der Waals surface area contributed by atoms with Gasteiger partial charge in [0.1, 0.15) is 11.6 Å². The number of benzene rings is 2. The summed E-state index contributed by atoms with van der Waals surface area (Å²) in [6.07, 6.45) is 3.78. The number of hydrogen-bond donors (Lipinski definition) is 2. The van der Waals surface area contributed by atoms with E-state index in [1.54, 1.807) is 0 Å². The first kappa shape index (κ1) is 18.4. The van der Waals surface area contributed by atoms with Crippen LogP contribution in [0.4, 0.5) is 10.2 Å². The molecule has 0 spiro atoms. The molecule has 4 rings (SSSR count). The molecule has 2 N–H and O–H groups in total. The van der Waals surface area contributed by atoms with Crippen LogP contribution in [0.15, 0.2) is 54.6 Å². The average molecular weight is 377 g/mol. The van der Waals surface area contributed by atoms with Gasteiger partial charge in [-0.2, -0.15) is 0 Å². The van der Waals surface area contributed by atoms with Gasteiger partial charge >= 0.3 is 0 Å². The second-order valence-electron chi connectivity index (χ2n) is 7.51. The number of nitrogens with one attached hydrogen (secondary N) is 2. The zero-order valence-electron chi connectivity index (χ0n) is 15.9. The lowest BCUT2D eigenvalue weighted by Crippen LogP contribution is -2.40. The van der Waals surface area contributed by atoms with Crippen LogP contribution in [-0.2, 0) is 0 Å². The summed E-state index contributed by atoms with van der Waals surface area (Å²) in [6.45, 7) is 2.11. The van der Waals surface area contributed by atoms with Crippen LogP contribution < -0.4 is 10.6 Å². The van der Waals surface area contributed by atoms with E-state index in [1.165, 1.54) is 35.2 Å². The predicted molar refractivity (Wildman–Crippen MR) is 110 cm³/mol. The molecule has 1 aromatic heterocycles. The van der Waals surface area contributed by atoms with Crippen LogP contribution in [0.2, 0.25) is 0 Å². The van der Waals surface area contributed by atoms with Crippen molar-refractivity contribution in [1.82, 2.24) is 10.3 Å². The van der Waals surface area contributed by atoms with Gasteiger partial charge in [0.05, 0.1) is 5.52 Å². The van der Waals surface area contributed by atoms with Crippen LogP contribution in [0.25, 0.3) is 10.9 Å². The number of nitrogens with zero attached hydrogens (tertiary/aromatic N) is 1. The molecule has 1 aliphatic rings. The number of aromatic nitrogens is 1. The Morgan fingerprint density at radius 2 is 1.68 bits per heavy atom. The fraction of sp³-hybridized carbons (Fsp3) is 0.304. The molecule has 0 bridgehead atoms. The molecule has 144 valence electrons. The Kier molecular flexibility index (Phi) is 5.24. The van der Waals surface area contributed by atoms with Crippen LogP contribution in [0.3, 0.4) is 0 Å². The Hall–Kier alpha value is -2.95. The zero-order chi connectivity index (χ0) is 19.5. The molecule has 4 nitrogen and oxygen atoms in total. The molecule has 0 saturated heterocycles. The van der Waals surface area contributed by atoms with Gasteiger partial charge < -0.3 is 10.6 Å². The first-order valence-corrected chi connectivity index (χ1v) is 9.78. The lowest BCUT2D eigenvalue weighted by molar-refractivity contribution is 0.0926. The topological polar surface area (TPSA) is 54.0 Å². The van der Waals surface area contributed by atoms with E-state index < -0.39 is 0 Å². The van der Waals surface area contributed by atoms with E-state index in [0.29, 0.717) is 11.6 Å². The van der Waals surface area contributed by atoms with Crippen molar-refractivity contribution < 1.29 is 9.18 Å². The van der Waals surface area contributed by atoms with Crippen LogP contribution in [-0.4, -0.2) is 23.0 Å². The highest BCUT2D eigenvalue weighted by molar-refractivity contribution is 5.94. The van der Waals surface area contributed by atoms with E-state index >= 15 is 0 Å². The number of anilines is 1. The molecule has 1 amide bonds. The first-order valence-electron chi connectivity index (χ1n) is 9.78. The van der Waals surface area contributed by atoms with Crippen LogP contribution in [0.5, 0.6) is 0 Å². The number of rotatable bonds is 4. The monoisotopic (exact) mass is 377 g/mol. The molecule has 0 atom stereocenters.